The second-order valence-electron chi connectivity index (χ2n) is 5.93. The maximum atomic E-state index is 12.8. The molecule has 0 saturated heterocycles. The number of thiophene rings is 1. The van der Waals surface area contributed by atoms with Crippen LogP contribution in [-0.4, -0.2) is 32.8 Å². The lowest BCUT2D eigenvalue weighted by Crippen LogP contribution is -2.42. The molecular formula is C19H18N2O6S. The van der Waals surface area contributed by atoms with Gasteiger partial charge in [0.15, 0.2) is 0 Å². The van der Waals surface area contributed by atoms with Gasteiger partial charge in [-0.3, -0.25) is 14.2 Å². The Labute approximate surface area is 164 Å². The molecule has 0 spiro atoms. The van der Waals surface area contributed by atoms with Crippen molar-refractivity contribution in [1.82, 2.24) is 9.13 Å². The van der Waals surface area contributed by atoms with E-state index in [1.165, 1.54) is 9.95 Å². The van der Waals surface area contributed by atoms with Crippen LogP contribution in [-0.2, 0) is 29.0 Å². The van der Waals surface area contributed by atoms with E-state index in [2.05, 4.69) is 0 Å². The van der Waals surface area contributed by atoms with Crippen LogP contribution in [0.5, 0.6) is 0 Å². The van der Waals surface area contributed by atoms with Gasteiger partial charge >= 0.3 is 17.6 Å². The van der Waals surface area contributed by atoms with Crippen LogP contribution >= 0.6 is 11.3 Å². The van der Waals surface area contributed by atoms with Crippen LogP contribution in [0.15, 0.2) is 45.3 Å². The number of aliphatic carboxylic acids is 1. The molecular weight excluding hydrogens is 384 g/mol. The largest absolute Gasteiger partial charge is 0.480 e. The molecule has 3 rings (SSSR count). The number of ether oxygens (including phenoxy) is 1. The maximum Gasteiger partial charge on any atom is 0.339 e. The number of carbonyl (C=O) groups is 2. The molecule has 0 fully saturated rings. The number of nitrogens with zero attached hydrogens (tertiary/aromatic N) is 2. The van der Waals surface area contributed by atoms with Crippen molar-refractivity contribution in [3.8, 4) is 0 Å². The van der Waals surface area contributed by atoms with Crippen molar-refractivity contribution in [3.05, 3.63) is 67.7 Å². The molecule has 0 aliphatic heterocycles. The van der Waals surface area contributed by atoms with Crippen LogP contribution in [0.4, 0.5) is 0 Å². The Bertz CT molecular complexity index is 1190. The highest BCUT2D eigenvalue weighted by Crippen LogP contribution is 2.23. The molecule has 9 heteroatoms. The third kappa shape index (κ3) is 3.74. The molecule has 28 heavy (non-hydrogen) atoms. The smallest absolute Gasteiger partial charge is 0.339 e. The summed E-state index contributed by atoms with van der Waals surface area (Å²) >= 11 is 1.06. The van der Waals surface area contributed by atoms with Gasteiger partial charge in [-0.15, -0.1) is 11.3 Å². The minimum atomic E-state index is -1.34. The molecule has 0 amide bonds. The Balaban J connectivity index is 2.15. The Hall–Kier alpha value is -3.20. The minimum absolute atomic E-state index is 0.0169. The monoisotopic (exact) mass is 403 g/mol. The highest BCUT2D eigenvalue weighted by atomic mass is 32.1. The van der Waals surface area contributed by atoms with Crippen molar-refractivity contribution >= 4 is 33.5 Å². The fourth-order valence-electron chi connectivity index (χ4n) is 2.87. The van der Waals surface area contributed by atoms with Crippen LogP contribution in [0, 0.1) is 0 Å². The molecule has 0 aliphatic rings. The summed E-state index contributed by atoms with van der Waals surface area (Å²) in [5, 5.41) is 10.5. The van der Waals surface area contributed by atoms with Gasteiger partial charge in [-0.1, -0.05) is 30.3 Å². The van der Waals surface area contributed by atoms with Crippen molar-refractivity contribution in [2.75, 3.05) is 6.61 Å². The molecule has 1 aromatic carbocycles. The Morgan fingerprint density at radius 2 is 1.96 bits per heavy atom. The van der Waals surface area contributed by atoms with Crippen LogP contribution in [0.25, 0.3) is 10.2 Å². The number of benzene rings is 1. The Kier molecular flexibility index (Phi) is 5.34. The third-order valence-electron chi connectivity index (χ3n) is 4.14. The SMILES string of the molecule is [2H]c1ccc(CCn2c(=O)n(CC(=O)O)c(=O)c3c(C(=O)OCC)csc32)cc1. The van der Waals surface area contributed by atoms with E-state index in [-0.39, 0.29) is 24.1 Å². The Morgan fingerprint density at radius 1 is 1.25 bits per heavy atom. The summed E-state index contributed by atoms with van der Waals surface area (Å²) in [7, 11) is 0. The number of carbonyl (C=O) groups excluding carboxylic acids is 1. The lowest BCUT2D eigenvalue weighted by molar-refractivity contribution is -0.137. The number of rotatable bonds is 7. The normalized spacial score (nSPS) is 11.4. The zero-order valence-electron chi connectivity index (χ0n) is 16.0. The van der Waals surface area contributed by atoms with E-state index >= 15 is 0 Å². The van der Waals surface area contributed by atoms with E-state index in [0.29, 0.717) is 21.9 Å². The molecule has 0 saturated carbocycles. The number of hydrogen-bond acceptors (Lipinski definition) is 6. The first-order chi connectivity index (χ1) is 13.8. The van der Waals surface area contributed by atoms with Crippen molar-refractivity contribution < 1.29 is 20.8 Å². The fourth-order valence-corrected chi connectivity index (χ4v) is 3.92. The summed E-state index contributed by atoms with van der Waals surface area (Å²) in [6, 6.07) is 7.14. The number of fused-ring (bicyclic) bond motifs is 1. The van der Waals surface area contributed by atoms with E-state index < -0.39 is 29.7 Å². The molecule has 0 unspecified atom stereocenters. The maximum absolute atomic E-state index is 12.8. The zero-order valence-corrected chi connectivity index (χ0v) is 15.8. The summed E-state index contributed by atoms with van der Waals surface area (Å²) in [6.45, 7) is 1.12. The van der Waals surface area contributed by atoms with Gasteiger partial charge < -0.3 is 9.84 Å². The molecule has 2 aromatic heterocycles. The molecule has 3 aromatic rings. The molecule has 1 N–H and O–H groups in total. The number of hydrogen-bond donors (Lipinski definition) is 1. The van der Waals surface area contributed by atoms with Crippen LogP contribution in [0.3, 0.4) is 0 Å². The van der Waals surface area contributed by atoms with Gasteiger partial charge in [0.05, 0.1) is 18.9 Å². The number of carboxylic acid groups (broad SMARTS) is 1. The van der Waals surface area contributed by atoms with Crippen LogP contribution < -0.4 is 11.2 Å². The van der Waals surface area contributed by atoms with Crippen molar-refractivity contribution in [1.29, 1.82) is 0 Å². The molecule has 146 valence electrons. The topological polar surface area (TPSA) is 108 Å². The predicted molar refractivity (Wildman–Crippen MR) is 104 cm³/mol. The average Bonchev–Trinajstić information content (AvgIpc) is 3.11. The number of aryl methyl sites for hydroxylation is 2. The summed E-state index contributed by atoms with van der Waals surface area (Å²) in [4.78, 5) is 49.3. The van der Waals surface area contributed by atoms with E-state index in [9.17, 15) is 19.2 Å². The van der Waals surface area contributed by atoms with Gasteiger partial charge in [-0.05, 0) is 18.9 Å². The van der Waals surface area contributed by atoms with Gasteiger partial charge in [-0.2, -0.15) is 0 Å². The van der Waals surface area contributed by atoms with E-state index in [0.717, 1.165) is 16.9 Å². The molecule has 0 aliphatic carbocycles. The van der Waals surface area contributed by atoms with E-state index in [4.69, 9.17) is 11.2 Å². The van der Waals surface area contributed by atoms with Gasteiger partial charge in [0, 0.05) is 11.9 Å². The number of carboxylic acids is 1. The minimum Gasteiger partial charge on any atom is -0.480 e. The van der Waals surface area contributed by atoms with Crippen molar-refractivity contribution in [2.45, 2.75) is 26.4 Å². The second-order valence-corrected chi connectivity index (χ2v) is 6.79. The number of esters is 1. The molecule has 8 nitrogen and oxygen atoms in total. The zero-order chi connectivity index (χ0) is 21.1. The molecule has 0 radical (unpaired) electrons. The van der Waals surface area contributed by atoms with Gasteiger partial charge in [0.2, 0.25) is 0 Å². The Morgan fingerprint density at radius 3 is 2.61 bits per heavy atom. The second kappa shape index (κ2) is 8.22. The quantitative estimate of drug-likeness (QED) is 0.602. The summed E-state index contributed by atoms with van der Waals surface area (Å²) in [5.74, 6) is -2.04. The van der Waals surface area contributed by atoms with Gasteiger partial charge in [0.25, 0.3) is 5.56 Å². The highest BCUT2D eigenvalue weighted by Gasteiger charge is 2.23. The first-order valence-corrected chi connectivity index (χ1v) is 9.40. The number of aromatic nitrogens is 2. The summed E-state index contributed by atoms with van der Waals surface area (Å²) in [5.41, 5.74) is -0.687. The summed E-state index contributed by atoms with van der Waals surface area (Å²) in [6.07, 6.45) is 0.424. The van der Waals surface area contributed by atoms with Crippen LogP contribution in [0.1, 0.15) is 24.2 Å². The van der Waals surface area contributed by atoms with Crippen molar-refractivity contribution in [3.63, 3.8) is 0 Å². The predicted octanol–water partition coefficient (Wildman–Crippen LogP) is 1.73. The summed E-state index contributed by atoms with van der Waals surface area (Å²) < 4.78 is 14.4. The lowest BCUT2D eigenvalue weighted by Gasteiger charge is -2.11. The van der Waals surface area contributed by atoms with E-state index in [1.807, 2.05) is 0 Å². The molecule has 0 atom stereocenters. The van der Waals surface area contributed by atoms with Crippen LogP contribution in [0.2, 0.25) is 0 Å². The molecule has 0 bridgehead atoms. The average molecular weight is 403 g/mol. The first kappa shape index (κ1) is 18.2. The highest BCUT2D eigenvalue weighted by molar-refractivity contribution is 7.17. The van der Waals surface area contributed by atoms with Gasteiger partial charge in [-0.25, -0.2) is 14.2 Å². The first-order valence-electron chi connectivity index (χ1n) is 9.02. The fraction of sp³-hybridized carbons (Fsp3) is 0.263. The lowest BCUT2D eigenvalue weighted by atomic mass is 10.1. The standard InChI is InChI=1S/C19H18N2O6S/c1-2-27-18(25)13-11-28-17-15(13)16(24)21(10-14(22)23)19(26)20(17)9-8-12-6-4-3-5-7-12/h3-7,11H,2,8-10H2,1H3,(H,22,23)/i3D. The third-order valence-corrected chi connectivity index (χ3v) is 5.14. The van der Waals surface area contributed by atoms with E-state index in [1.54, 1.807) is 31.2 Å². The van der Waals surface area contributed by atoms with Crippen molar-refractivity contribution in [2.24, 2.45) is 0 Å². The molecule has 2 heterocycles. The van der Waals surface area contributed by atoms with Gasteiger partial charge in [0.1, 0.15) is 11.4 Å².